The number of halogens is 1. The maximum atomic E-state index is 11.6. The number of hydrogen-bond donors (Lipinski definition) is 2. The molecule has 98 valence electrons. The summed E-state index contributed by atoms with van der Waals surface area (Å²) in [4.78, 5) is 23.1. The van der Waals surface area contributed by atoms with Crippen LogP contribution in [0.2, 0.25) is 5.02 Å². The fourth-order valence-electron chi connectivity index (χ4n) is 1.33. The normalized spacial score (nSPS) is 11.7. The van der Waals surface area contributed by atoms with Gasteiger partial charge in [-0.1, -0.05) is 30.7 Å². The Kier molecular flexibility index (Phi) is 5.65. The molecule has 1 unspecified atom stereocenters. The number of carbonyl (C=O) groups excluding carboxylic acids is 2. The molecule has 18 heavy (non-hydrogen) atoms. The molecule has 2 N–H and O–H groups in total. The number of rotatable bonds is 5. The first kappa shape index (κ1) is 14.5. The van der Waals surface area contributed by atoms with Gasteiger partial charge in [0.15, 0.2) is 0 Å². The van der Waals surface area contributed by atoms with Gasteiger partial charge in [-0.2, -0.15) is 0 Å². The Morgan fingerprint density at radius 2 is 1.94 bits per heavy atom. The quantitative estimate of drug-likeness (QED) is 0.807. The fourth-order valence-corrected chi connectivity index (χ4v) is 1.51. The molecule has 0 fully saturated rings. The van der Waals surface area contributed by atoms with Crippen molar-refractivity contribution >= 4 is 29.1 Å². The average molecular weight is 269 g/mol. The number of para-hydroxylation sites is 1. The molecule has 5 heteroatoms. The zero-order chi connectivity index (χ0) is 13.5. The van der Waals surface area contributed by atoms with E-state index in [9.17, 15) is 9.59 Å². The van der Waals surface area contributed by atoms with Crippen LogP contribution < -0.4 is 10.6 Å². The lowest BCUT2D eigenvalue weighted by Gasteiger charge is -2.11. The second-order valence-electron chi connectivity index (χ2n) is 4.08. The topological polar surface area (TPSA) is 58.2 Å². The van der Waals surface area contributed by atoms with Crippen molar-refractivity contribution in [3.05, 3.63) is 29.3 Å². The molecule has 1 aromatic rings. The molecule has 0 saturated heterocycles. The summed E-state index contributed by atoms with van der Waals surface area (Å²) >= 11 is 5.90. The van der Waals surface area contributed by atoms with Gasteiger partial charge in [0.25, 0.3) is 0 Å². The van der Waals surface area contributed by atoms with Crippen LogP contribution in [0.1, 0.15) is 26.7 Å². The molecule has 1 atom stereocenters. The van der Waals surface area contributed by atoms with E-state index >= 15 is 0 Å². The summed E-state index contributed by atoms with van der Waals surface area (Å²) in [5, 5.41) is 5.78. The summed E-state index contributed by atoms with van der Waals surface area (Å²) in [5.41, 5.74) is 0.514. The largest absolute Gasteiger partial charge is 0.353 e. The Bertz CT molecular complexity index is 435. The van der Waals surface area contributed by atoms with Crippen LogP contribution >= 0.6 is 11.6 Å². The summed E-state index contributed by atoms with van der Waals surface area (Å²) in [6, 6.07) is 6.97. The summed E-state index contributed by atoms with van der Waals surface area (Å²) in [6.45, 7) is 3.86. The Balaban J connectivity index is 2.47. The molecular weight excluding hydrogens is 252 g/mol. The number of amides is 2. The summed E-state index contributed by atoms with van der Waals surface area (Å²) in [6.07, 6.45) is 0.632. The number of hydrogen-bond acceptors (Lipinski definition) is 2. The van der Waals surface area contributed by atoms with Gasteiger partial charge in [0.05, 0.1) is 10.7 Å². The molecular formula is C13H17ClN2O2. The van der Waals surface area contributed by atoms with Crippen LogP contribution in [0.15, 0.2) is 24.3 Å². The van der Waals surface area contributed by atoms with Crippen molar-refractivity contribution in [3.63, 3.8) is 0 Å². The van der Waals surface area contributed by atoms with Gasteiger partial charge in [0.2, 0.25) is 11.8 Å². The minimum absolute atomic E-state index is 0.0746. The van der Waals surface area contributed by atoms with E-state index in [2.05, 4.69) is 10.6 Å². The van der Waals surface area contributed by atoms with E-state index in [0.717, 1.165) is 6.42 Å². The lowest BCUT2D eigenvalue weighted by molar-refractivity contribution is -0.127. The van der Waals surface area contributed by atoms with Crippen molar-refractivity contribution in [3.8, 4) is 0 Å². The van der Waals surface area contributed by atoms with E-state index in [0.29, 0.717) is 10.7 Å². The Labute approximate surface area is 112 Å². The SMILES string of the molecule is CCC(C)NC(=O)CC(=O)Nc1ccccc1Cl. The number of benzene rings is 1. The van der Waals surface area contributed by atoms with Crippen LogP contribution in [-0.4, -0.2) is 17.9 Å². The fraction of sp³-hybridized carbons (Fsp3) is 0.385. The molecule has 0 aliphatic heterocycles. The lowest BCUT2D eigenvalue weighted by Crippen LogP contribution is -2.34. The predicted octanol–water partition coefficient (Wildman–Crippen LogP) is 2.58. The first-order chi connectivity index (χ1) is 8.52. The van der Waals surface area contributed by atoms with Crippen LogP contribution in [-0.2, 0) is 9.59 Å². The molecule has 1 rings (SSSR count). The zero-order valence-corrected chi connectivity index (χ0v) is 11.3. The average Bonchev–Trinajstić information content (AvgIpc) is 2.31. The van der Waals surface area contributed by atoms with Crippen LogP contribution in [0.5, 0.6) is 0 Å². The van der Waals surface area contributed by atoms with E-state index < -0.39 is 0 Å². The van der Waals surface area contributed by atoms with E-state index in [1.54, 1.807) is 24.3 Å². The Hall–Kier alpha value is -1.55. The Morgan fingerprint density at radius 1 is 1.28 bits per heavy atom. The van der Waals surface area contributed by atoms with Gasteiger partial charge in [-0.05, 0) is 25.5 Å². The van der Waals surface area contributed by atoms with Crippen molar-refractivity contribution in [1.82, 2.24) is 5.32 Å². The van der Waals surface area contributed by atoms with Crippen LogP contribution in [0.4, 0.5) is 5.69 Å². The van der Waals surface area contributed by atoms with Crippen molar-refractivity contribution in [2.45, 2.75) is 32.7 Å². The second-order valence-corrected chi connectivity index (χ2v) is 4.49. The lowest BCUT2D eigenvalue weighted by atomic mass is 10.2. The molecule has 0 radical (unpaired) electrons. The highest BCUT2D eigenvalue weighted by molar-refractivity contribution is 6.33. The van der Waals surface area contributed by atoms with Gasteiger partial charge < -0.3 is 10.6 Å². The Morgan fingerprint density at radius 3 is 2.56 bits per heavy atom. The van der Waals surface area contributed by atoms with Crippen molar-refractivity contribution < 1.29 is 9.59 Å². The first-order valence-corrected chi connectivity index (χ1v) is 6.24. The maximum absolute atomic E-state index is 11.6. The highest BCUT2D eigenvalue weighted by atomic mass is 35.5. The van der Waals surface area contributed by atoms with Gasteiger partial charge in [-0.25, -0.2) is 0 Å². The third-order valence-electron chi connectivity index (χ3n) is 2.49. The standard InChI is InChI=1S/C13H17ClN2O2/c1-3-9(2)15-12(17)8-13(18)16-11-7-5-4-6-10(11)14/h4-7,9H,3,8H2,1-2H3,(H,15,17)(H,16,18). The minimum atomic E-state index is -0.371. The molecule has 0 heterocycles. The van der Waals surface area contributed by atoms with Gasteiger partial charge in [0.1, 0.15) is 6.42 Å². The zero-order valence-electron chi connectivity index (χ0n) is 10.5. The molecule has 4 nitrogen and oxygen atoms in total. The number of carbonyl (C=O) groups is 2. The highest BCUT2D eigenvalue weighted by Gasteiger charge is 2.12. The predicted molar refractivity (Wildman–Crippen MR) is 72.6 cm³/mol. The smallest absolute Gasteiger partial charge is 0.233 e. The molecule has 1 aromatic carbocycles. The molecule has 2 amide bonds. The third kappa shape index (κ3) is 4.75. The number of anilines is 1. The maximum Gasteiger partial charge on any atom is 0.233 e. The van der Waals surface area contributed by atoms with Crippen molar-refractivity contribution in [2.75, 3.05) is 5.32 Å². The monoisotopic (exact) mass is 268 g/mol. The summed E-state index contributed by atoms with van der Waals surface area (Å²) < 4.78 is 0. The van der Waals surface area contributed by atoms with E-state index in [4.69, 9.17) is 11.6 Å². The van der Waals surface area contributed by atoms with Gasteiger partial charge in [-0.15, -0.1) is 0 Å². The van der Waals surface area contributed by atoms with Crippen LogP contribution in [0, 0.1) is 0 Å². The summed E-state index contributed by atoms with van der Waals surface area (Å²) in [5.74, 6) is -0.655. The molecule has 0 spiro atoms. The second kappa shape index (κ2) is 7.01. The first-order valence-electron chi connectivity index (χ1n) is 5.86. The molecule has 0 aliphatic rings. The third-order valence-corrected chi connectivity index (χ3v) is 2.82. The summed E-state index contributed by atoms with van der Waals surface area (Å²) in [7, 11) is 0. The van der Waals surface area contributed by atoms with E-state index in [1.807, 2.05) is 13.8 Å². The molecule has 0 aliphatic carbocycles. The van der Waals surface area contributed by atoms with Crippen molar-refractivity contribution in [1.29, 1.82) is 0 Å². The van der Waals surface area contributed by atoms with Gasteiger partial charge in [0, 0.05) is 6.04 Å². The van der Waals surface area contributed by atoms with Gasteiger partial charge >= 0.3 is 0 Å². The van der Waals surface area contributed by atoms with Crippen LogP contribution in [0.3, 0.4) is 0 Å². The number of nitrogens with one attached hydrogen (secondary N) is 2. The van der Waals surface area contributed by atoms with E-state index in [-0.39, 0.29) is 24.3 Å². The molecule has 0 bridgehead atoms. The molecule has 0 aromatic heterocycles. The van der Waals surface area contributed by atoms with E-state index in [1.165, 1.54) is 0 Å². The highest BCUT2D eigenvalue weighted by Crippen LogP contribution is 2.20. The van der Waals surface area contributed by atoms with Crippen LogP contribution in [0.25, 0.3) is 0 Å². The van der Waals surface area contributed by atoms with Gasteiger partial charge in [-0.3, -0.25) is 9.59 Å². The minimum Gasteiger partial charge on any atom is -0.353 e. The van der Waals surface area contributed by atoms with Crippen molar-refractivity contribution in [2.24, 2.45) is 0 Å². The molecule has 0 saturated carbocycles.